The van der Waals surface area contributed by atoms with Crippen LogP contribution in [0, 0.1) is 11.6 Å². The Morgan fingerprint density at radius 1 is 0.898 bits per heavy atom. The lowest BCUT2D eigenvalue weighted by molar-refractivity contribution is 0.0522. The molecule has 250 valence electrons. The molecular weight excluding hydrogens is 637 g/mol. The third-order valence-corrected chi connectivity index (χ3v) is 7.08. The summed E-state index contributed by atoms with van der Waals surface area (Å²) >= 11 is 0. The largest absolute Gasteiger partial charge is 0.493 e. The molecule has 5 rings (SSSR count). The SMILES string of the molecule is [B]c1cc(C(=O)Nc2ccc(Oc3ccnc4cc(OC)c(OC)cc34)c(F)c2)c(=O)n(-c2ccc(F)cc2)c1CNC(=O)OC(C)(C)C. The normalized spacial score (nSPS) is 11.2. The van der Waals surface area contributed by atoms with Crippen molar-refractivity contribution in [2.24, 2.45) is 0 Å². The monoisotopic (exact) mass is 668 g/mol. The zero-order valence-electron chi connectivity index (χ0n) is 27.2. The van der Waals surface area contributed by atoms with Gasteiger partial charge in [-0.05, 0) is 75.4 Å². The highest BCUT2D eigenvalue weighted by molar-refractivity contribution is 6.33. The van der Waals surface area contributed by atoms with Crippen LogP contribution in [0.1, 0.15) is 36.8 Å². The Morgan fingerprint density at radius 2 is 1.59 bits per heavy atom. The van der Waals surface area contributed by atoms with Crippen LogP contribution in [-0.2, 0) is 11.3 Å². The number of halogens is 2. The number of pyridine rings is 2. The van der Waals surface area contributed by atoms with Crippen LogP contribution in [0.2, 0.25) is 0 Å². The second kappa shape index (κ2) is 14.1. The molecule has 0 bridgehead atoms. The van der Waals surface area contributed by atoms with Gasteiger partial charge in [-0.15, -0.1) is 0 Å². The van der Waals surface area contributed by atoms with Gasteiger partial charge >= 0.3 is 6.09 Å². The number of alkyl carbamates (subject to hydrolysis) is 1. The van der Waals surface area contributed by atoms with Gasteiger partial charge in [0.2, 0.25) is 0 Å². The highest BCUT2D eigenvalue weighted by atomic mass is 19.1. The minimum atomic E-state index is -0.895. The Morgan fingerprint density at radius 3 is 2.24 bits per heavy atom. The van der Waals surface area contributed by atoms with E-state index < -0.39 is 40.4 Å². The number of ether oxygens (including phenoxy) is 4. The molecule has 2 radical (unpaired) electrons. The smallest absolute Gasteiger partial charge is 0.407 e. The maximum absolute atomic E-state index is 15.3. The van der Waals surface area contributed by atoms with Gasteiger partial charge in [-0.2, -0.15) is 0 Å². The highest BCUT2D eigenvalue weighted by Gasteiger charge is 2.22. The van der Waals surface area contributed by atoms with E-state index in [9.17, 15) is 18.8 Å². The van der Waals surface area contributed by atoms with Crippen LogP contribution in [0.5, 0.6) is 23.0 Å². The van der Waals surface area contributed by atoms with Crippen LogP contribution in [0.4, 0.5) is 19.3 Å². The predicted molar refractivity (Wildman–Crippen MR) is 180 cm³/mol. The summed E-state index contributed by atoms with van der Waals surface area (Å²) in [4.78, 5) is 43.8. The number of rotatable bonds is 9. The van der Waals surface area contributed by atoms with E-state index in [-0.39, 0.29) is 34.8 Å². The van der Waals surface area contributed by atoms with Crippen LogP contribution in [0.25, 0.3) is 16.6 Å². The second-order valence-electron chi connectivity index (χ2n) is 11.7. The number of amides is 2. The summed E-state index contributed by atoms with van der Waals surface area (Å²) in [5.41, 5.74) is -1.19. The number of methoxy groups -OCH3 is 2. The lowest BCUT2D eigenvalue weighted by Gasteiger charge is -2.21. The quantitative estimate of drug-likeness (QED) is 0.196. The van der Waals surface area contributed by atoms with Crippen molar-refractivity contribution in [2.45, 2.75) is 32.9 Å². The third-order valence-electron chi connectivity index (χ3n) is 7.08. The van der Waals surface area contributed by atoms with Gasteiger partial charge in [0.25, 0.3) is 11.5 Å². The van der Waals surface area contributed by atoms with E-state index in [1.807, 2.05) is 0 Å². The lowest BCUT2D eigenvalue weighted by atomic mass is 9.91. The summed E-state index contributed by atoms with van der Waals surface area (Å²) in [6.07, 6.45) is 0.734. The van der Waals surface area contributed by atoms with E-state index in [4.69, 9.17) is 26.8 Å². The van der Waals surface area contributed by atoms with Crippen molar-refractivity contribution in [3.05, 3.63) is 106 Å². The van der Waals surface area contributed by atoms with Gasteiger partial charge in [0.1, 0.15) is 30.6 Å². The van der Waals surface area contributed by atoms with E-state index in [1.54, 1.807) is 39.0 Å². The number of carbonyl (C=O) groups is 2. The molecule has 0 atom stereocenters. The maximum atomic E-state index is 15.3. The number of carbonyl (C=O) groups excluding carboxylic acids is 2. The maximum Gasteiger partial charge on any atom is 0.407 e. The number of benzene rings is 3. The molecule has 11 nitrogen and oxygen atoms in total. The lowest BCUT2D eigenvalue weighted by Crippen LogP contribution is -2.39. The number of hydrogen-bond donors (Lipinski definition) is 2. The number of hydrogen-bond acceptors (Lipinski definition) is 8. The van der Waals surface area contributed by atoms with Crippen LogP contribution in [0.3, 0.4) is 0 Å². The summed E-state index contributed by atoms with van der Waals surface area (Å²) in [6, 6.07) is 14.7. The standard InChI is InChI=1S/C35H31BF2N4O7/c1-35(2,3)49-34(45)40-18-27-24(36)15-23(33(44)42(27)21-9-6-19(37)7-10-21)32(43)41-20-8-11-29(25(38)14-20)48-28-12-13-39-26-17-31(47-5)30(46-4)16-22(26)28/h6-17H,18H2,1-5H3,(H,40,45)(H,41,43). The molecule has 3 aromatic carbocycles. The van der Waals surface area contributed by atoms with Crippen LogP contribution >= 0.6 is 0 Å². The first kappa shape index (κ1) is 34.4. The molecule has 14 heteroatoms. The zero-order chi connectivity index (χ0) is 35.5. The van der Waals surface area contributed by atoms with Crippen molar-refractivity contribution in [3.63, 3.8) is 0 Å². The summed E-state index contributed by atoms with van der Waals surface area (Å²) in [6.45, 7) is 4.81. The topological polar surface area (TPSA) is 130 Å². The molecule has 0 aliphatic heterocycles. The molecular formula is C35H31BF2N4O7. The number of nitrogens with one attached hydrogen (secondary N) is 2. The van der Waals surface area contributed by atoms with Crippen molar-refractivity contribution >= 4 is 41.9 Å². The van der Waals surface area contributed by atoms with Crippen molar-refractivity contribution in [3.8, 4) is 28.7 Å². The molecule has 0 aliphatic carbocycles. The van der Waals surface area contributed by atoms with E-state index in [0.29, 0.717) is 28.2 Å². The minimum absolute atomic E-state index is 0.0165. The number of anilines is 1. The fourth-order valence-electron chi connectivity index (χ4n) is 4.86. The highest BCUT2D eigenvalue weighted by Crippen LogP contribution is 2.37. The van der Waals surface area contributed by atoms with Gasteiger partial charge < -0.3 is 29.6 Å². The first-order valence-electron chi connectivity index (χ1n) is 14.8. The minimum Gasteiger partial charge on any atom is -0.493 e. The van der Waals surface area contributed by atoms with Crippen molar-refractivity contribution in [1.82, 2.24) is 14.9 Å². The van der Waals surface area contributed by atoms with Crippen LogP contribution < -0.4 is 35.9 Å². The van der Waals surface area contributed by atoms with Crippen molar-refractivity contribution in [1.29, 1.82) is 0 Å². The second-order valence-corrected chi connectivity index (χ2v) is 11.7. The van der Waals surface area contributed by atoms with E-state index >= 15 is 4.39 Å². The molecule has 0 saturated heterocycles. The molecule has 0 saturated carbocycles. The molecule has 2 aromatic heterocycles. The average Bonchev–Trinajstić information content (AvgIpc) is 3.05. The Kier molecular flexibility index (Phi) is 9.88. The first-order chi connectivity index (χ1) is 23.3. The fraction of sp³-hybridized carbons (Fsp3) is 0.200. The molecule has 0 fully saturated rings. The predicted octanol–water partition coefficient (Wildman–Crippen LogP) is 5.54. The number of nitrogens with zero attached hydrogens (tertiary/aromatic N) is 2. The summed E-state index contributed by atoms with van der Waals surface area (Å²) < 4.78 is 52.0. The number of fused-ring (bicyclic) bond motifs is 1. The van der Waals surface area contributed by atoms with Crippen LogP contribution in [0.15, 0.2) is 77.7 Å². The molecule has 0 aliphatic rings. The van der Waals surface area contributed by atoms with Crippen LogP contribution in [-0.4, -0.2) is 49.2 Å². The fourth-order valence-corrected chi connectivity index (χ4v) is 4.86. The summed E-state index contributed by atoms with van der Waals surface area (Å²) in [5, 5.41) is 5.58. The molecule has 0 spiro atoms. The number of aromatic nitrogens is 2. The van der Waals surface area contributed by atoms with Gasteiger partial charge in [0.05, 0.1) is 26.3 Å². The van der Waals surface area contributed by atoms with Crippen molar-refractivity contribution in [2.75, 3.05) is 19.5 Å². The summed E-state index contributed by atoms with van der Waals surface area (Å²) in [5.74, 6) is -1.23. The Balaban J connectivity index is 1.42. The van der Waals surface area contributed by atoms with E-state index in [1.165, 1.54) is 44.7 Å². The molecule has 2 N–H and O–H groups in total. The Hall–Kier alpha value is -5.92. The zero-order valence-corrected chi connectivity index (χ0v) is 27.2. The molecule has 5 aromatic rings. The molecule has 0 unspecified atom stereocenters. The molecule has 2 heterocycles. The van der Waals surface area contributed by atoms with Gasteiger partial charge in [-0.3, -0.25) is 19.1 Å². The van der Waals surface area contributed by atoms with E-state index in [0.717, 1.165) is 28.8 Å². The Bertz CT molecular complexity index is 2120. The average molecular weight is 668 g/mol. The molecule has 2 amide bonds. The third kappa shape index (κ3) is 7.80. The molecule has 49 heavy (non-hydrogen) atoms. The first-order valence-corrected chi connectivity index (χ1v) is 14.8. The van der Waals surface area contributed by atoms with Crippen molar-refractivity contribution < 1.29 is 37.3 Å². The van der Waals surface area contributed by atoms with Gasteiger partial charge in [-0.25, -0.2) is 13.6 Å². The van der Waals surface area contributed by atoms with E-state index in [2.05, 4.69) is 15.6 Å². The van der Waals surface area contributed by atoms with Gasteiger partial charge in [0, 0.05) is 40.8 Å². The van der Waals surface area contributed by atoms with Gasteiger partial charge in [0.15, 0.2) is 23.1 Å². The summed E-state index contributed by atoms with van der Waals surface area (Å²) in [7, 11) is 9.27. The Labute approximate surface area is 281 Å². The van der Waals surface area contributed by atoms with Gasteiger partial charge in [-0.1, -0.05) is 5.46 Å².